The van der Waals surface area contributed by atoms with Crippen LogP contribution >= 0.6 is 11.8 Å². The van der Waals surface area contributed by atoms with Crippen molar-refractivity contribution in [1.29, 1.82) is 0 Å². The van der Waals surface area contributed by atoms with Crippen LogP contribution in [-0.4, -0.2) is 32.9 Å². The molecule has 0 radical (unpaired) electrons. The summed E-state index contributed by atoms with van der Waals surface area (Å²) in [6.07, 6.45) is 0. The molecule has 0 heterocycles. The number of aromatic hydroxyl groups is 1. The van der Waals surface area contributed by atoms with Gasteiger partial charge in [-0.2, -0.15) is 0 Å². The second-order valence-corrected chi connectivity index (χ2v) is 9.40. The summed E-state index contributed by atoms with van der Waals surface area (Å²) in [5.41, 5.74) is 1.01. The van der Waals surface area contributed by atoms with E-state index in [9.17, 15) is 34.7 Å². The number of thioether (sulfide) groups is 1. The van der Waals surface area contributed by atoms with E-state index >= 15 is 0 Å². The Kier molecular flexibility index (Phi) is 8.22. The number of carbonyl (C=O) groups is 3. The highest BCUT2D eigenvalue weighted by Crippen LogP contribution is 2.37. The Bertz CT molecular complexity index is 1540. The molecule has 1 unspecified atom stereocenters. The molecule has 4 aromatic rings. The van der Waals surface area contributed by atoms with Crippen molar-refractivity contribution in [2.45, 2.75) is 10.1 Å². The van der Waals surface area contributed by atoms with Crippen molar-refractivity contribution in [3.63, 3.8) is 0 Å². The fraction of sp³-hybridized carbons (Fsp3) is 0.0357. The zero-order chi connectivity index (χ0) is 27.9. The SMILES string of the molecule is O=C(Nc1ccc(SC(C(=O)Nc2ccc(O)c(C(=O)O)c2)c2ccccc2)cc1)c1cccc([N+](=O)[O-])c1. The molecule has 196 valence electrons. The topological polar surface area (TPSA) is 159 Å². The summed E-state index contributed by atoms with van der Waals surface area (Å²) in [6, 6.07) is 24.9. The number of nitro groups is 1. The first-order valence-electron chi connectivity index (χ1n) is 11.5. The number of rotatable bonds is 9. The molecule has 2 amide bonds. The summed E-state index contributed by atoms with van der Waals surface area (Å²) in [7, 11) is 0. The lowest BCUT2D eigenvalue weighted by Gasteiger charge is -2.18. The fourth-order valence-electron chi connectivity index (χ4n) is 3.61. The maximum Gasteiger partial charge on any atom is 0.339 e. The Morgan fingerprint density at radius 3 is 2.18 bits per heavy atom. The summed E-state index contributed by atoms with van der Waals surface area (Å²) in [5, 5.41) is 34.7. The standard InChI is InChI=1S/C28H21N3O7S/c32-24-14-11-20(16-23(24)28(35)36)30-27(34)25(17-5-2-1-3-6-17)39-22-12-9-19(10-13-22)29-26(33)18-7-4-8-21(15-18)31(37)38/h1-16,25,32H,(H,29,33)(H,30,34)(H,35,36). The van der Waals surface area contributed by atoms with Crippen LogP contribution in [-0.2, 0) is 4.79 Å². The van der Waals surface area contributed by atoms with Crippen LogP contribution in [0.4, 0.5) is 17.1 Å². The molecule has 0 saturated heterocycles. The van der Waals surface area contributed by atoms with Gasteiger partial charge in [-0.3, -0.25) is 19.7 Å². The quantitative estimate of drug-likeness (QED) is 0.0902. The van der Waals surface area contributed by atoms with Gasteiger partial charge in [0.2, 0.25) is 5.91 Å². The van der Waals surface area contributed by atoms with Gasteiger partial charge in [0.05, 0.1) is 4.92 Å². The third-order valence-corrected chi connectivity index (χ3v) is 6.79. The number of aromatic carboxylic acids is 1. The van der Waals surface area contributed by atoms with E-state index in [-0.39, 0.29) is 22.5 Å². The molecule has 4 aromatic carbocycles. The molecule has 10 nitrogen and oxygen atoms in total. The molecule has 39 heavy (non-hydrogen) atoms. The van der Waals surface area contributed by atoms with Crippen LogP contribution in [0.25, 0.3) is 0 Å². The fourth-order valence-corrected chi connectivity index (χ4v) is 4.64. The third kappa shape index (κ3) is 6.79. The van der Waals surface area contributed by atoms with E-state index in [1.54, 1.807) is 48.5 Å². The van der Waals surface area contributed by atoms with Gasteiger partial charge in [0.25, 0.3) is 11.6 Å². The van der Waals surface area contributed by atoms with Crippen molar-refractivity contribution in [3.8, 4) is 5.75 Å². The van der Waals surface area contributed by atoms with Crippen molar-refractivity contribution in [2.24, 2.45) is 0 Å². The maximum absolute atomic E-state index is 13.3. The summed E-state index contributed by atoms with van der Waals surface area (Å²) < 4.78 is 0. The minimum absolute atomic E-state index is 0.142. The van der Waals surface area contributed by atoms with Crippen molar-refractivity contribution in [2.75, 3.05) is 10.6 Å². The molecule has 0 fully saturated rings. The van der Waals surface area contributed by atoms with Crippen LogP contribution in [0.15, 0.2) is 102 Å². The van der Waals surface area contributed by atoms with E-state index in [1.165, 1.54) is 54.2 Å². The van der Waals surface area contributed by atoms with Crippen LogP contribution in [0.3, 0.4) is 0 Å². The van der Waals surface area contributed by atoms with E-state index in [0.29, 0.717) is 16.1 Å². The smallest absolute Gasteiger partial charge is 0.339 e. The van der Waals surface area contributed by atoms with Crippen LogP contribution in [0, 0.1) is 10.1 Å². The molecule has 0 aliphatic heterocycles. The minimum atomic E-state index is -1.32. The number of hydrogen-bond acceptors (Lipinski definition) is 7. The zero-order valence-corrected chi connectivity index (χ0v) is 20.9. The lowest BCUT2D eigenvalue weighted by atomic mass is 10.1. The zero-order valence-electron chi connectivity index (χ0n) is 20.1. The highest BCUT2D eigenvalue weighted by molar-refractivity contribution is 8.00. The van der Waals surface area contributed by atoms with E-state index in [2.05, 4.69) is 10.6 Å². The molecule has 4 N–H and O–H groups in total. The van der Waals surface area contributed by atoms with Crippen LogP contribution in [0.1, 0.15) is 31.5 Å². The van der Waals surface area contributed by atoms with Gasteiger partial charge >= 0.3 is 5.97 Å². The maximum atomic E-state index is 13.3. The number of hydrogen-bond donors (Lipinski definition) is 4. The number of non-ortho nitro benzene ring substituents is 1. The molecule has 0 bridgehead atoms. The average Bonchev–Trinajstić information content (AvgIpc) is 2.94. The number of nitro benzene ring substituents is 1. The Morgan fingerprint density at radius 2 is 1.51 bits per heavy atom. The third-order valence-electron chi connectivity index (χ3n) is 5.52. The van der Waals surface area contributed by atoms with E-state index in [4.69, 9.17) is 0 Å². The molecular weight excluding hydrogens is 522 g/mol. The lowest BCUT2D eigenvalue weighted by molar-refractivity contribution is -0.384. The number of anilines is 2. The van der Waals surface area contributed by atoms with Gasteiger partial charge in [-0.05, 0) is 54.1 Å². The predicted molar refractivity (Wildman–Crippen MR) is 146 cm³/mol. The lowest BCUT2D eigenvalue weighted by Crippen LogP contribution is -2.19. The number of phenols is 1. The Morgan fingerprint density at radius 1 is 0.821 bits per heavy atom. The van der Waals surface area contributed by atoms with E-state index in [0.717, 1.165) is 0 Å². The molecular formula is C28H21N3O7S. The monoisotopic (exact) mass is 543 g/mol. The van der Waals surface area contributed by atoms with E-state index < -0.39 is 33.7 Å². The minimum Gasteiger partial charge on any atom is -0.507 e. The first kappa shape index (κ1) is 26.9. The largest absolute Gasteiger partial charge is 0.507 e. The second kappa shape index (κ2) is 11.9. The van der Waals surface area contributed by atoms with Gasteiger partial charge in [-0.25, -0.2) is 4.79 Å². The van der Waals surface area contributed by atoms with E-state index in [1.807, 2.05) is 6.07 Å². The summed E-state index contributed by atoms with van der Waals surface area (Å²) in [5.74, 6) is -2.64. The van der Waals surface area contributed by atoms with Gasteiger partial charge in [0, 0.05) is 34.0 Å². The highest BCUT2D eigenvalue weighted by Gasteiger charge is 2.23. The normalized spacial score (nSPS) is 11.3. The van der Waals surface area contributed by atoms with Gasteiger partial charge < -0.3 is 20.8 Å². The number of carboxylic acids is 1. The number of benzene rings is 4. The number of nitrogens with zero attached hydrogens (tertiary/aromatic N) is 1. The number of amides is 2. The van der Waals surface area contributed by atoms with Crippen molar-refractivity contribution < 1.29 is 29.5 Å². The first-order valence-corrected chi connectivity index (χ1v) is 12.3. The molecule has 0 aliphatic carbocycles. The van der Waals surface area contributed by atoms with Gasteiger partial charge in [-0.15, -0.1) is 11.8 Å². The second-order valence-electron chi connectivity index (χ2n) is 8.22. The summed E-state index contributed by atoms with van der Waals surface area (Å²) >= 11 is 1.25. The highest BCUT2D eigenvalue weighted by atomic mass is 32.2. The van der Waals surface area contributed by atoms with Crippen LogP contribution in [0.5, 0.6) is 5.75 Å². The number of nitrogens with one attached hydrogen (secondary N) is 2. The van der Waals surface area contributed by atoms with Gasteiger partial charge in [-0.1, -0.05) is 36.4 Å². The summed E-state index contributed by atoms with van der Waals surface area (Å²) in [6.45, 7) is 0. The van der Waals surface area contributed by atoms with Crippen LogP contribution < -0.4 is 10.6 Å². The molecule has 4 rings (SSSR count). The van der Waals surface area contributed by atoms with Gasteiger partial charge in [0.15, 0.2) is 0 Å². The van der Waals surface area contributed by atoms with Gasteiger partial charge in [0.1, 0.15) is 16.6 Å². The Hall–Kier alpha value is -5.16. The number of carboxylic acid groups (broad SMARTS) is 1. The van der Waals surface area contributed by atoms with Crippen molar-refractivity contribution in [3.05, 3.63) is 124 Å². The molecule has 0 saturated carbocycles. The predicted octanol–water partition coefficient (Wildman–Crippen LogP) is 5.72. The molecule has 0 spiro atoms. The summed E-state index contributed by atoms with van der Waals surface area (Å²) in [4.78, 5) is 48.3. The van der Waals surface area contributed by atoms with Crippen LogP contribution in [0.2, 0.25) is 0 Å². The van der Waals surface area contributed by atoms with Crippen molar-refractivity contribution >= 4 is 46.6 Å². The Balaban J connectivity index is 1.50. The average molecular weight is 544 g/mol. The van der Waals surface area contributed by atoms with Crippen molar-refractivity contribution in [1.82, 2.24) is 0 Å². The molecule has 0 aliphatic rings. The molecule has 11 heteroatoms. The molecule has 1 atom stereocenters. The Labute approximate surface area is 226 Å². The number of carbonyl (C=O) groups excluding carboxylic acids is 2. The first-order chi connectivity index (χ1) is 18.7. The molecule has 0 aromatic heterocycles.